The van der Waals surface area contributed by atoms with Crippen LogP contribution >= 0.6 is 0 Å². The topological polar surface area (TPSA) is 102 Å². The summed E-state index contributed by atoms with van der Waals surface area (Å²) in [6, 6.07) is 6.61. The summed E-state index contributed by atoms with van der Waals surface area (Å²) in [5.74, 6) is 1.57. The van der Waals surface area contributed by atoms with Crippen molar-refractivity contribution < 1.29 is 14.3 Å². The van der Waals surface area contributed by atoms with Crippen LogP contribution in [0.5, 0.6) is 0 Å². The Balaban J connectivity index is 1.43. The van der Waals surface area contributed by atoms with Gasteiger partial charge in [0, 0.05) is 56.8 Å². The normalized spacial score (nSPS) is 15.7. The zero-order chi connectivity index (χ0) is 34.4. The summed E-state index contributed by atoms with van der Waals surface area (Å²) in [4.78, 5) is 29.3. The van der Waals surface area contributed by atoms with E-state index in [4.69, 9.17) is 25.2 Å². The molecule has 4 rings (SSSR count). The number of imidazole rings is 1. The zero-order valence-corrected chi connectivity index (χ0v) is 30.7. The minimum Gasteiger partial charge on any atom is -0.460 e. The number of ether oxygens (including phenoxy) is 2. The Morgan fingerprint density at radius 3 is 2.43 bits per heavy atom. The number of fused-ring (bicyclic) bond motifs is 3. The molecule has 10 heteroatoms. The van der Waals surface area contributed by atoms with Crippen molar-refractivity contribution in [3.05, 3.63) is 24.0 Å². The van der Waals surface area contributed by atoms with Crippen LogP contribution in [0, 0.1) is 5.92 Å². The number of aromatic nitrogens is 3. The van der Waals surface area contributed by atoms with E-state index in [-0.39, 0.29) is 17.5 Å². The number of aryl methyl sites for hydroxylation is 2. The number of piperazine rings is 1. The second kappa shape index (κ2) is 16.0. The molecule has 0 aliphatic carbocycles. The van der Waals surface area contributed by atoms with E-state index < -0.39 is 5.60 Å². The van der Waals surface area contributed by atoms with Crippen LogP contribution in [0.25, 0.3) is 21.9 Å². The first-order valence-corrected chi connectivity index (χ1v) is 17.7. The predicted octanol–water partition coefficient (Wildman–Crippen LogP) is 6.14. The van der Waals surface area contributed by atoms with Crippen molar-refractivity contribution in [2.24, 2.45) is 5.92 Å². The van der Waals surface area contributed by atoms with Crippen LogP contribution in [-0.2, 0) is 27.2 Å². The number of nitrogens with two attached hydrogens (primary N) is 1. The fourth-order valence-corrected chi connectivity index (χ4v) is 6.45. The van der Waals surface area contributed by atoms with Gasteiger partial charge in [0.15, 0.2) is 5.82 Å². The lowest BCUT2D eigenvalue weighted by Crippen LogP contribution is -2.51. The van der Waals surface area contributed by atoms with Gasteiger partial charge in [0.1, 0.15) is 16.9 Å². The first kappa shape index (κ1) is 36.9. The molecule has 1 atom stereocenters. The third-order valence-electron chi connectivity index (χ3n) is 8.79. The van der Waals surface area contributed by atoms with Gasteiger partial charge in [0.05, 0.1) is 29.7 Å². The number of benzene rings is 1. The van der Waals surface area contributed by atoms with Gasteiger partial charge in [-0.05, 0) is 98.6 Å². The second-order valence-corrected chi connectivity index (χ2v) is 15.4. The molecule has 1 aliphatic rings. The van der Waals surface area contributed by atoms with Crippen LogP contribution in [0.4, 0.5) is 11.5 Å². The Bertz CT molecular complexity index is 1470. The number of hydrogen-bond donors (Lipinski definition) is 1. The van der Waals surface area contributed by atoms with Crippen molar-refractivity contribution in [3.63, 3.8) is 0 Å². The molecule has 1 unspecified atom stereocenters. The smallest absolute Gasteiger partial charge is 0.306 e. The highest BCUT2D eigenvalue weighted by molar-refractivity contribution is 6.07. The Labute approximate surface area is 283 Å². The monoisotopic (exact) mass is 651 g/mol. The average Bonchev–Trinajstić information content (AvgIpc) is 3.35. The van der Waals surface area contributed by atoms with Gasteiger partial charge in [-0.3, -0.25) is 9.69 Å². The van der Waals surface area contributed by atoms with Gasteiger partial charge in [-0.1, -0.05) is 20.3 Å². The highest BCUT2D eigenvalue weighted by Gasteiger charge is 2.28. The van der Waals surface area contributed by atoms with E-state index in [1.54, 1.807) is 0 Å². The maximum Gasteiger partial charge on any atom is 0.306 e. The van der Waals surface area contributed by atoms with Crippen LogP contribution in [0.3, 0.4) is 0 Å². The Morgan fingerprint density at radius 2 is 1.77 bits per heavy atom. The third-order valence-corrected chi connectivity index (χ3v) is 8.79. The molecule has 1 aliphatic heterocycles. The van der Waals surface area contributed by atoms with Gasteiger partial charge in [-0.2, -0.15) is 0 Å². The zero-order valence-electron chi connectivity index (χ0n) is 30.7. The largest absolute Gasteiger partial charge is 0.460 e. The molecule has 0 amide bonds. The fraction of sp³-hybridized carbons (Fsp3) is 0.703. The van der Waals surface area contributed by atoms with Gasteiger partial charge in [-0.15, -0.1) is 0 Å². The minimum absolute atomic E-state index is 0.0993. The number of rotatable bonds is 16. The molecule has 262 valence electrons. The molecule has 1 aromatic carbocycles. The summed E-state index contributed by atoms with van der Waals surface area (Å²) in [7, 11) is 4.26. The van der Waals surface area contributed by atoms with E-state index in [1.165, 1.54) is 5.69 Å². The third kappa shape index (κ3) is 10.5. The molecule has 10 nitrogen and oxygen atoms in total. The molecule has 0 radical (unpaired) electrons. The molecule has 0 spiro atoms. The Hall–Kier alpha value is -2.95. The predicted molar refractivity (Wildman–Crippen MR) is 194 cm³/mol. The number of pyridine rings is 1. The van der Waals surface area contributed by atoms with E-state index in [0.717, 1.165) is 106 Å². The van der Waals surface area contributed by atoms with Crippen molar-refractivity contribution in [3.8, 4) is 0 Å². The van der Waals surface area contributed by atoms with Crippen LogP contribution in [-0.4, -0.2) is 101 Å². The molecule has 1 saturated heterocycles. The minimum atomic E-state index is -0.463. The van der Waals surface area contributed by atoms with Crippen molar-refractivity contribution in [1.29, 1.82) is 0 Å². The second-order valence-electron chi connectivity index (χ2n) is 15.4. The molecule has 3 aromatic rings. The summed E-state index contributed by atoms with van der Waals surface area (Å²) >= 11 is 0. The standard InChI is InChI=1S/C37H61N7O3/c1-10-11-14-31-40-33-34(44(31)18-13-12-17-41(8)9)29-24-28(15-16-30(29)39-35(33)38)43-21-19-42(20-22-43)26-37(6,7)46-25-27(2)23-32(45)47-36(3,4)5/h15-16,24,27H,10-14,17-23,25-26H2,1-9H3,(H2,38,39). The van der Waals surface area contributed by atoms with Crippen molar-refractivity contribution in [2.75, 3.05) is 70.6 Å². The number of anilines is 2. The van der Waals surface area contributed by atoms with E-state index in [1.807, 2.05) is 27.7 Å². The summed E-state index contributed by atoms with van der Waals surface area (Å²) in [6.07, 6.45) is 5.78. The maximum atomic E-state index is 12.2. The van der Waals surface area contributed by atoms with Gasteiger partial charge in [-0.25, -0.2) is 9.97 Å². The molecular formula is C37H61N7O3. The molecular weight excluding hydrogens is 590 g/mol. The summed E-state index contributed by atoms with van der Waals surface area (Å²) < 4.78 is 14.2. The summed E-state index contributed by atoms with van der Waals surface area (Å²) in [6.45, 7) is 21.4. The number of carbonyl (C=O) groups excluding carboxylic acids is 1. The number of nitrogens with zero attached hydrogens (tertiary/aromatic N) is 6. The number of esters is 1. The molecule has 0 saturated carbocycles. The van der Waals surface area contributed by atoms with Crippen LogP contribution < -0.4 is 10.6 Å². The number of unbranched alkanes of at least 4 members (excludes halogenated alkanes) is 2. The van der Waals surface area contributed by atoms with Crippen molar-refractivity contribution >= 4 is 39.4 Å². The highest BCUT2D eigenvalue weighted by atomic mass is 16.6. The molecule has 47 heavy (non-hydrogen) atoms. The highest BCUT2D eigenvalue weighted by Crippen LogP contribution is 2.33. The Morgan fingerprint density at radius 1 is 1.04 bits per heavy atom. The van der Waals surface area contributed by atoms with E-state index in [2.05, 4.69) is 72.3 Å². The van der Waals surface area contributed by atoms with Gasteiger partial charge >= 0.3 is 5.97 Å². The first-order valence-electron chi connectivity index (χ1n) is 17.7. The van der Waals surface area contributed by atoms with Gasteiger partial charge in [0.25, 0.3) is 0 Å². The van der Waals surface area contributed by atoms with Gasteiger partial charge in [0.2, 0.25) is 0 Å². The number of hydrogen-bond acceptors (Lipinski definition) is 9. The van der Waals surface area contributed by atoms with Crippen LogP contribution in [0.15, 0.2) is 18.2 Å². The van der Waals surface area contributed by atoms with E-state index in [9.17, 15) is 4.79 Å². The molecule has 2 aromatic heterocycles. The lowest BCUT2D eigenvalue weighted by atomic mass is 10.1. The van der Waals surface area contributed by atoms with Crippen molar-refractivity contribution in [1.82, 2.24) is 24.3 Å². The lowest BCUT2D eigenvalue weighted by molar-refractivity contribution is -0.157. The lowest BCUT2D eigenvalue weighted by Gasteiger charge is -2.40. The van der Waals surface area contributed by atoms with Crippen LogP contribution in [0.1, 0.15) is 86.4 Å². The molecule has 2 N–H and O–H groups in total. The first-order chi connectivity index (χ1) is 22.2. The quantitative estimate of drug-likeness (QED) is 0.145. The summed E-state index contributed by atoms with van der Waals surface area (Å²) in [5, 5.41) is 1.13. The SMILES string of the molecule is CCCCc1nc2c(N)nc3ccc(N4CCN(CC(C)(C)OCC(C)CC(=O)OC(C)(C)C)CC4)cc3c2n1CCCCN(C)C. The molecule has 3 heterocycles. The summed E-state index contributed by atoms with van der Waals surface area (Å²) in [5.41, 5.74) is 9.84. The molecule has 1 fully saturated rings. The van der Waals surface area contributed by atoms with E-state index >= 15 is 0 Å². The van der Waals surface area contributed by atoms with Crippen molar-refractivity contribution in [2.45, 2.75) is 105 Å². The average molecular weight is 652 g/mol. The maximum absolute atomic E-state index is 12.2. The van der Waals surface area contributed by atoms with Crippen LogP contribution in [0.2, 0.25) is 0 Å². The number of nitrogen functional groups attached to an aromatic ring is 1. The molecule has 0 bridgehead atoms. The number of carbonyl (C=O) groups is 1. The van der Waals surface area contributed by atoms with E-state index in [0.29, 0.717) is 18.8 Å². The fourth-order valence-electron chi connectivity index (χ4n) is 6.45. The van der Waals surface area contributed by atoms with Gasteiger partial charge < -0.3 is 29.6 Å². The Kier molecular flexibility index (Phi) is 12.5.